The number of allylic oxidation sites excluding steroid dienone is 7. The summed E-state index contributed by atoms with van der Waals surface area (Å²) in [5.74, 6) is 0. The van der Waals surface area contributed by atoms with Crippen molar-refractivity contribution in [2.45, 2.75) is 20.3 Å². The molecule has 62 valence electrons. The van der Waals surface area contributed by atoms with E-state index in [1.54, 1.807) is 0 Å². The van der Waals surface area contributed by atoms with E-state index >= 15 is 0 Å². The minimum Gasteiger partial charge on any atom is -0.290 e. The number of hydrogen-bond acceptors (Lipinski definition) is 0. The van der Waals surface area contributed by atoms with Crippen LogP contribution in [0.2, 0.25) is 0 Å². The summed E-state index contributed by atoms with van der Waals surface area (Å²) in [7, 11) is 0. The molecule has 0 N–H and O–H groups in total. The minimum atomic E-state index is 0. The molecule has 0 atom stereocenters. The van der Waals surface area contributed by atoms with Crippen LogP contribution in [0, 0.1) is 12.7 Å². The molecule has 0 aliphatic heterocycles. The van der Waals surface area contributed by atoms with Gasteiger partial charge in [-0.3, -0.25) is 12.7 Å². The Morgan fingerprint density at radius 1 is 1.58 bits per heavy atom. The van der Waals surface area contributed by atoms with E-state index in [2.05, 4.69) is 12.2 Å². The molecule has 0 aromatic rings. The van der Waals surface area contributed by atoms with Gasteiger partial charge in [-0.2, -0.15) is 12.2 Å². The average Bonchev–Trinajstić information content (AvgIpc) is 2.41. The first-order valence-electron chi connectivity index (χ1n) is 3.71. The molecule has 1 heteroatoms. The maximum absolute atomic E-state index is 5.23. The predicted molar refractivity (Wildman–Crippen MR) is 49.9 cm³/mol. The maximum atomic E-state index is 5.23. The van der Waals surface area contributed by atoms with Crippen molar-refractivity contribution < 1.29 is 21.7 Å². The summed E-state index contributed by atoms with van der Waals surface area (Å²) in [5, 5.41) is 0. The Bertz CT molecular complexity index is 175. The van der Waals surface area contributed by atoms with Crippen LogP contribution in [-0.2, 0) is 21.7 Å². The SMILES string of the molecule is [C-]1=CC=CC1.[CH-]=C(C)/C=C/C.[Ti+2]. The Labute approximate surface area is 90.6 Å². The summed E-state index contributed by atoms with van der Waals surface area (Å²) < 4.78 is 0. The zero-order valence-electron chi connectivity index (χ0n) is 7.67. The standard InChI is InChI=1S/C6H9.C5H5.Ti/c1-4-5-6(2)3;1-2-4-5-3-1;/h2,4-5H,1,3H3;1-3H,4H2;/q2*-1;+2/b5-4+;;. The molecule has 0 aromatic heterocycles. The fourth-order valence-corrected chi connectivity index (χ4v) is 0.603. The topological polar surface area (TPSA) is 0 Å². The van der Waals surface area contributed by atoms with Gasteiger partial charge in [0, 0.05) is 0 Å². The molecule has 0 amide bonds. The van der Waals surface area contributed by atoms with Crippen LogP contribution in [0.1, 0.15) is 20.3 Å². The van der Waals surface area contributed by atoms with Crippen molar-refractivity contribution in [1.29, 1.82) is 0 Å². The van der Waals surface area contributed by atoms with Crippen LogP contribution in [0.15, 0.2) is 36.0 Å². The van der Waals surface area contributed by atoms with Crippen molar-refractivity contribution >= 4 is 0 Å². The van der Waals surface area contributed by atoms with Gasteiger partial charge in [0.1, 0.15) is 0 Å². The van der Waals surface area contributed by atoms with Crippen LogP contribution in [0.3, 0.4) is 0 Å². The molecule has 0 bridgehead atoms. The third-order valence-corrected chi connectivity index (χ3v) is 1.02. The summed E-state index contributed by atoms with van der Waals surface area (Å²) in [6.07, 6.45) is 13.8. The van der Waals surface area contributed by atoms with Crippen molar-refractivity contribution in [3.05, 3.63) is 48.6 Å². The van der Waals surface area contributed by atoms with Gasteiger partial charge in [-0.25, -0.2) is 23.8 Å². The zero-order valence-corrected chi connectivity index (χ0v) is 9.23. The minimum absolute atomic E-state index is 0. The monoisotopic (exact) mass is 194 g/mol. The van der Waals surface area contributed by atoms with Crippen LogP contribution >= 0.6 is 0 Å². The Hall–Kier alpha value is -0.326. The second-order valence-electron chi connectivity index (χ2n) is 2.25. The fraction of sp³-hybridized carbons (Fsp3) is 0.273. The van der Waals surface area contributed by atoms with E-state index in [4.69, 9.17) is 6.58 Å². The summed E-state index contributed by atoms with van der Waals surface area (Å²) in [4.78, 5) is 0. The Kier molecular flexibility index (Phi) is 12.6. The molecular weight excluding hydrogens is 180 g/mol. The molecule has 0 heterocycles. The van der Waals surface area contributed by atoms with E-state index < -0.39 is 0 Å². The molecule has 0 nitrogen and oxygen atoms in total. The fourth-order valence-electron chi connectivity index (χ4n) is 0.603. The Morgan fingerprint density at radius 3 is 2.33 bits per heavy atom. The summed E-state index contributed by atoms with van der Waals surface area (Å²) in [5.41, 5.74) is 0.859. The van der Waals surface area contributed by atoms with Crippen molar-refractivity contribution in [2.24, 2.45) is 0 Å². The first-order chi connectivity index (χ1) is 5.27. The van der Waals surface area contributed by atoms with E-state index in [0.717, 1.165) is 12.0 Å². The maximum Gasteiger partial charge on any atom is 2.00 e. The van der Waals surface area contributed by atoms with Crippen molar-refractivity contribution in [3.8, 4) is 0 Å². The molecule has 1 rings (SSSR count). The van der Waals surface area contributed by atoms with Gasteiger partial charge in [-0.15, -0.1) is 6.42 Å². The third-order valence-electron chi connectivity index (χ3n) is 1.02. The smallest absolute Gasteiger partial charge is 0.290 e. The van der Waals surface area contributed by atoms with E-state index in [-0.39, 0.29) is 21.7 Å². The molecule has 0 saturated carbocycles. The third kappa shape index (κ3) is 12.4. The van der Waals surface area contributed by atoms with Crippen LogP contribution < -0.4 is 0 Å². The van der Waals surface area contributed by atoms with Crippen LogP contribution in [-0.4, -0.2) is 0 Å². The van der Waals surface area contributed by atoms with E-state index in [1.165, 1.54) is 0 Å². The van der Waals surface area contributed by atoms with Gasteiger partial charge in [-0.1, -0.05) is 13.8 Å². The molecular formula is C11H14Ti. The molecule has 0 unspecified atom stereocenters. The number of hydrogen-bond donors (Lipinski definition) is 0. The molecule has 0 aromatic carbocycles. The van der Waals surface area contributed by atoms with Crippen molar-refractivity contribution in [3.63, 3.8) is 0 Å². The second kappa shape index (κ2) is 10.7. The molecule has 1 aliphatic rings. The van der Waals surface area contributed by atoms with E-state index in [0.29, 0.717) is 0 Å². The largest absolute Gasteiger partial charge is 2.00 e. The molecule has 12 heavy (non-hydrogen) atoms. The van der Waals surface area contributed by atoms with Gasteiger partial charge in [0.25, 0.3) is 0 Å². The normalized spacial score (nSPS) is 12.2. The molecule has 0 radical (unpaired) electrons. The van der Waals surface area contributed by atoms with Gasteiger partial charge in [0.05, 0.1) is 0 Å². The zero-order chi connectivity index (χ0) is 8.53. The van der Waals surface area contributed by atoms with E-state index in [9.17, 15) is 0 Å². The summed E-state index contributed by atoms with van der Waals surface area (Å²) >= 11 is 0. The van der Waals surface area contributed by atoms with Crippen molar-refractivity contribution in [1.82, 2.24) is 0 Å². The second-order valence-corrected chi connectivity index (χ2v) is 2.25. The first kappa shape index (κ1) is 14.2. The van der Waals surface area contributed by atoms with Gasteiger partial charge < -0.3 is 0 Å². The van der Waals surface area contributed by atoms with E-state index in [1.807, 2.05) is 38.2 Å². The van der Waals surface area contributed by atoms with Gasteiger partial charge in [0.15, 0.2) is 0 Å². The predicted octanol–water partition coefficient (Wildman–Crippen LogP) is 3.24. The molecule has 0 fully saturated rings. The Balaban J connectivity index is 0. The van der Waals surface area contributed by atoms with Crippen LogP contribution in [0.25, 0.3) is 0 Å². The Morgan fingerprint density at radius 2 is 2.25 bits per heavy atom. The molecule has 0 spiro atoms. The molecule has 1 aliphatic carbocycles. The quantitative estimate of drug-likeness (QED) is 0.341. The van der Waals surface area contributed by atoms with Gasteiger partial charge in [-0.05, 0) is 0 Å². The van der Waals surface area contributed by atoms with Crippen LogP contribution in [0.4, 0.5) is 0 Å². The van der Waals surface area contributed by atoms with Gasteiger partial charge >= 0.3 is 21.7 Å². The van der Waals surface area contributed by atoms with Crippen molar-refractivity contribution in [2.75, 3.05) is 0 Å². The number of rotatable bonds is 1. The van der Waals surface area contributed by atoms with Crippen LogP contribution in [0.5, 0.6) is 0 Å². The average molecular weight is 194 g/mol. The summed E-state index contributed by atoms with van der Waals surface area (Å²) in [6, 6.07) is 0. The first-order valence-corrected chi connectivity index (χ1v) is 3.71. The molecule has 0 saturated heterocycles. The summed E-state index contributed by atoms with van der Waals surface area (Å²) in [6.45, 7) is 9.03. The van der Waals surface area contributed by atoms with Gasteiger partial charge in [0.2, 0.25) is 0 Å².